The zero-order chi connectivity index (χ0) is 34.7. The van der Waals surface area contributed by atoms with Crippen LogP contribution in [0.15, 0.2) is 51.6 Å². The third-order valence-electron chi connectivity index (χ3n) is 13.5. The first-order valence-electron chi connectivity index (χ1n) is 19.2. The molecule has 49 heavy (non-hydrogen) atoms. The molecule has 3 saturated heterocycles. The van der Waals surface area contributed by atoms with Crippen LogP contribution in [0.2, 0.25) is 0 Å². The summed E-state index contributed by atoms with van der Waals surface area (Å²) in [7, 11) is 0. The lowest BCUT2D eigenvalue weighted by atomic mass is 9.56. The highest BCUT2D eigenvalue weighted by molar-refractivity contribution is 5.92. The van der Waals surface area contributed by atoms with Crippen molar-refractivity contribution in [3.8, 4) is 0 Å². The number of rotatable bonds is 1. The first kappa shape index (κ1) is 35.3. The highest BCUT2D eigenvalue weighted by Crippen LogP contribution is 2.55. The summed E-state index contributed by atoms with van der Waals surface area (Å²) in [6.07, 6.45) is 13.1. The summed E-state index contributed by atoms with van der Waals surface area (Å²) in [4.78, 5) is 17.8. The molecular weight excluding hydrogens is 618 g/mol. The third-order valence-corrected chi connectivity index (χ3v) is 13.5. The number of carbonyl (C=O) groups is 1. The summed E-state index contributed by atoms with van der Waals surface area (Å²) in [5.74, 6) is -1.09. The lowest BCUT2D eigenvalue weighted by molar-refractivity contribution is -0.363. The van der Waals surface area contributed by atoms with Crippen LogP contribution in [0.3, 0.4) is 0 Å². The van der Waals surface area contributed by atoms with Gasteiger partial charge >= 0.3 is 5.97 Å². The molecule has 11 atom stereocenters. The SMILES string of the molecule is C=C1CCCC2=NC[C@H](C)[C@H](C)C[C@@]23CCC([C@H]2OC(=O)C=C2C)=C(C)[C@H]3/C=C(\C)[C@H](O)C[C@H]2CC[C@@]3(CC[C@@]4(O[C@H](CC[C@H]4O)C1)O3)O2. The highest BCUT2D eigenvalue weighted by atomic mass is 16.8. The van der Waals surface area contributed by atoms with Crippen LogP contribution in [0, 0.1) is 23.2 Å². The molecule has 2 N–H and O–H groups in total. The van der Waals surface area contributed by atoms with E-state index in [9.17, 15) is 15.0 Å². The van der Waals surface area contributed by atoms with Gasteiger partial charge in [0.15, 0.2) is 11.6 Å². The van der Waals surface area contributed by atoms with Crippen LogP contribution < -0.4 is 0 Å². The molecule has 6 aliphatic heterocycles. The minimum Gasteiger partial charge on any atom is -0.450 e. The minimum atomic E-state index is -1.04. The molecule has 7 rings (SSSR count). The molecule has 7 aliphatic rings. The second kappa shape index (κ2) is 13.5. The van der Waals surface area contributed by atoms with Crippen molar-refractivity contribution in [1.82, 2.24) is 0 Å². The number of aliphatic imine (C=N–C) groups is 1. The van der Waals surface area contributed by atoms with E-state index in [2.05, 4.69) is 40.3 Å². The Labute approximate surface area is 293 Å². The van der Waals surface area contributed by atoms with Crippen molar-refractivity contribution in [2.45, 2.75) is 167 Å². The number of aliphatic hydroxyl groups excluding tert-OH is 2. The van der Waals surface area contributed by atoms with E-state index in [0.717, 1.165) is 81.9 Å². The lowest BCUT2D eigenvalue weighted by Crippen LogP contribution is -2.52. The second-order valence-corrected chi connectivity index (χ2v) is 16.9. The molecule has 4 bridgehead atoms. The number of carbonyl (C=O) groups excluding carboxylic acids is 1. The van der Waals surface area contributed by atoms with Crippen LogP contribution in [0.1, 0.15) is 125 Å². The lowest BCUT2D eigenvalue weighted by Gasteiger charge is -2.47. The van der Waals surface area contributed by atoms with Gasteiger partial charge in [0.25, 0.3) is 0 Å². The van der Waals surface area contributed by atoms with Gasteiger partial charge in [-0.1, -0.05) is 37.6 Å². The fraction of sp³-hybridized carbons (Fsp3) is 0.756. The second-order valence-electron chi connectivity index (χ2n) is 16.9. The molecule has 0 amide bonds. The topological polar surface area (TPSA) is 107 Å². The standard InChI is InChI=1S/C41H59NO7/c1-24-8-7-9-35-39(22-27(4)28(5)23-42-35)14-13-32(38-26(3)20-37(45)46-38)29(6)33(39)19-25(2)34(43)21-31-12-15-40(47-31)16-17-41(49-40)36(44)11-10-30(18-24)48-41/h19-20,27-28,30-31,33-34,36,38,43-44H,1,7-18,21-23H2,2-6H3/b25-19+/t27-,28+,30-,31-,33-,34-,36-,38+,39-,40-,41-/m1/s1. The Morgan fingerprint density at radius 1 is 0.918 bits per heavy atom. The van der Waals surface area contributed by atoms with E-state index in [1.54, 1.807) is 6.08 Å². The number of ether oxygens (including phenoxy) is 4. The van der Waals surface area contributed by atoms with Crippen molar-refractivity contribution in [3.05, 3.63) is 46.6 Å². The minimum absolute atomic E-state index is 0.0257. The summed E-state index contributed by atoms with van der Waals surface area (Å²) in [5.41, 5.74) is 6.65. The van der Waals surface area contributed by atoms with Crippen LogP contribution in [-0.2, 0) is 23.7 Å². The molecule has 0 aromatic carbocycles. The first-order chi connectivity index (χ1) is 23.3. The summed E-state index contributed by atoms with van der Waals surface area (Å²) in [6, 6.07) is 0. The van der Waals surface area contributed by atoms with E-state index in [0.29, 0.717) is 37.5 Å². The first-order valence-corrected chi connectivity index (χ1v) is 19.2. The van der Waals surface area contributed by atoms with Crippen molar-refractivity contribution in [2.24, 2.45) is 28.2 Å². The Morgan fingerprint density at radius 3 is 2.51 bits per heavy atom. The molecule has 0 saturated carbocycles. The molecule has 0 aromatic rings. The molecule has 0 unspecified atom stereocenters. The average molecular weight is 678 g/mol. The maximum atomic E-state index is 12.4. The van der Waals surface area contributed by atoms with Gasteiger partial charge in [0.1, 0.15) is 12.2 Å². The van der Waals surface area contributed by atoms with Crippen molar-refractivity contribution in [3.63, 3.8) is 0 Å². The Morgan fingerprint density at radius 2 is 1.73 bits per heavy atom. The fourth-order valence-electron chi connectivity index (χ4n) is 10.4. The summed E-state index contributed by atoms with van der Waals surface area (Å²) < 4.78 is 25.8. The maximum Gasteiger partial charge on any atom is 0.331 e. The van der Waals surface area contributed by atoms with Crippen LogP contribution in [0.25, 0.3) is 0 Å². The molecule has 8 nitrogen and oxygen atoms in total. The van der Waals surface area contributed by atoms with E-state index >= 15 is 0 Å². The maximum absolute atomic E-state index is 12.4. The number of hydrogen-bond acceptors (Lipinski definition) is 8. The van der Waals surface area contributed by atoms with Gasteiger partial charge in [-0.15, -0.1) is 0 Å². The van der Waals surface area contributed by atoms with E-state index < -0.39 is 23.8 Å². The molecule has 0 aromatic heterocycles. The predicted molar refractivity (Wildman–Crippen MR) is 189 cm³/mol. The van der Waals surface area contributed by atoms with Gasteiger partial charge < -0.3 is 29.2 Å². The zero-order valence-corrected chi connectivity index (χ0v) is 30.5. The van der Waals surface area contributed by atoms with Crippen molar-refractivity contribution in [2.75, 3.05) is 6.54 Å². The third kappa shape index (κ3) is 6.59. The smallest absolute Gasteiger partial charge is 0.331 e. The number of allylic oxidation sites excluding steroid dienone is 2. The van der Waals surface area contributed by atoms with Gasteiger partial charge in [-0.3, -0.25) is 4.99 Å². The van der Waals surface area contributed by atoms with Crippen LogP contribution in [0.5, 0.6) is 0 Å². The molecule has 6 heterocycles. The summed E-state index contributed by atoms with van der Waals surface area (Å²) >= 11 is 0. The molecule has 3 spiro atoms. The molecule has 1 aliphatic carbocycles. The van der Waals surface area contributed by atoms with Gasteiger partial charge in [0, 0.05) is 55.3 Å². The molecular formula is C41H59NO7. The van der Waals surface area contributed by atoms with Crippen molar-refractivity contribution in [1.29, 1.82) is 0 Å². The van der Waals surface area contributed by atoms with Crippen LogP contribution in [-0.4, -0.2) is 70.5 Å². The van der Waals surface area contributed by atoms with Gasteiger partial charge in [-0.05, 0) is 114 Å². The van der Waals surface area contributed by atoms with Gasteiger partial charge in [0.2, 0.25) is 0 Å². The zero-order valence-electron chi connectivity index (χ0n) is 30.5. The number of esters is 1. The van der Waals surface area contributed by atoms with Crippen LogP contribution in [0.4, 0.5) is 0 Å². The number of aliphatic hydroxyl groups is 2. The summed E-state index contributed by atoms with van der Waals surface area (Å²) in [5, 5.41) is 22.9. The normalized spacial score (nSPS) is 46.2. The molecule has 3 fully saturated rings. The molecule has 8 heteroatoms. The van der Waals surface area contributed by atoms with Gasteiger partial charge in [0.05, 0.1) is 18.3 Å². The van der Waals surface area contributed by atoms with Crippen molar-refractivity contribution >= 4 is 11.7 Å². The number of fused-ring (bicyclic) bond motifs is 2. The van der Waals surface area contributed by atoms with E-state index in [4.69, 9.17) is 23.9 Å². The van der Waals surface area contributed by atoms with Gasteiger partial charge in [-0.25, -0.2) is 4.79 Å². The Hall–Kier alpha value is -2.10. The molecule has 270 valence electrons. The van der Waals surface area contributed by atoms with Crippen molar-refractivity contribution < 1.29 is 34.0 Å². The van der Waals surface area contributed by atoms with E-state index in [1.165, 1.54) is 22.4 Å². The van der Waals surface area contributed by atoms with Crippen LogP contribution >= 0.6 is 0 Å². The Kier molecular flexibility index (Phi) is 9.70. The monoisotopic (exact) mass is 677 g/mol. The average Bonchev–Trinajstić information content (AvgIpc) is 3.70. The largest absolute Gasteiger partial charge is 0.450 e. The summed E-state index contributed by atoms with van der Waals surface area (Å²) in [6.45, 7) is 16.3. The number of nitrogens with zero attached hydrogens (tertiary/aromatic N) is 1. The Balaban J connectivity index is 1.27. The Bertz CT molecular complexity index is 1460. The predicted octanol–water partition coefficient (Wildman–Crippen LogP) is 7.44. The van der Waals surface area contributed by atoms with E-state index in [-0.39, 0.29) is 35.6 Å². The molecule has 0 radical (unpaired) electrons. The quantitative estimate of drug-likeness (QED) is 0.220. The van der Waals surface area contributed by atoms with Gasteiger partial charge in [-0.2, -0.15) is 0 Å². The highest BCUT2D eigenvalue weighted by Gasteiger charge is 2.59. The number of hydrogen-bond donors (Lipinski definition) is 2. The van der Waals surface area contributed by atoms with E-state index in [1.807, 2.05) is 6.92 Å². The number of cyclic esters (lactones) is 1. The fourth-order valence-corrected chi connectivity index (χ4v) is 10.4.